The van der Waals surface area contributed by atoms with Crippen molar-refractivity contribution in [2.24, 2.45) is 5.73 Å². The quantitative estimate of drug-likeness (QED) is 0.809. The van der Waals surface area contributed by atoms with Crippen molar-refractivity contribution in [3.63, 3.8) is 0 Å². The summed E-state index contributed by atoms with van der Waals surface area (Å²) < 4.78 is 6.92. The molecule has 0 aliphatic carbocycles. The number of rotatable bonds is 6. The number of amides is 1. The minimum absolute atomic E-state index is 0.103. The number of nitrogens with two attached hydrogens (primary N) is 1. The van der Waals surface area contributed by atoms with Crippen molar-refractivity contribution in [2.75, 3.05) is 6.61 Å². The fraction of sp³-hybridized carbons (Fsp3) is 0.154. The van der Waals surface area contributed by atoms with Gasteiger partial charge in [-0.15, -0.1) is 0 Å². The molecule has 2 rings (SSSR count). The van der Waals surface area contributed by atoms with Gasteiger partial charge in [0, 0.05) is 6.20 Å². The summed E-state index contributed by atoms with van der Waals surface area (Å²) in [5.41, 5.74) is 5.37. The summed E-state index contributed by atoms with van der Waals surface area (Å²) in [6.45, 7) is 0.603. The van der Waals surface area contributed by atoms with Crippen molar-refractivity contribution < 1.29 is 19.4 Å². The monoisotopic (exact) mass is 275 g/mol. The van der Waals surface area contributed by atoms with E-state index in [1.54, 1.807) is 24.4 Å². The zero-order chi connectivity index (χ0) is 14.5. The third-order valence-corrected chi connectivity index (χ3v) is 2.59. The van der Waals surface area contributed by atoms with E-state index >= 15 is 0 Å². The second kappa shape index (κ2) is 5.87. The van der Waals surface area contributed by atoms with Gasteiger partial charge in [-0.25, -0.2) is 4.79 Å². The molecular weight excluding hydrogens is 262 g/mol. The molecule has 0 aliphatic rings. The molecule has 0 atom stereocenters. The molecule has 0 fully saturated rings. The van der Waals surface area contributed by atoms with Crippen molar-refractivity contribution in [3.05, 3.63) is 47.8 Å². The number of para-hydroxylation sites is 1. The van der Waals surface area contributed by atoms with Crippen LogP contribution in [0.1, 0.15) is 20.8 Å². The second-order valence-corrected chi connectivity index (χ2v) is 3.98. The molecule has 0 aliphatic heterocycles. The van der Waals surface area contributed by atoms with Gasteiger partial charge in [-0.1, -0.05) is 12.1 Å². The van der Waals surface area contributed by atoms with Gasteiger partial charge in [0.05, 0.1) is 6.54 Å². The molecule has 20 heavy (non-hydrogen) atoms. The van der Waals surface area contributed by atoms with Crippen LogP contribution in [-0.2, 0) is 6.54 Å². The molecule has 104 valence electrons. The Hall–Kier alpha value is -2.83. The molecule has 1 heterocycles. The van der Waals surface area contributed by atoms with Gasteiger partial charge in [0.2, 0.25) is 0 Å². The predicted octanol–water partition coefficient (Wildman–Crippen LogP) is 0.759. The average Bonchev–Trinajstić information content (AvgIpc) is 2.88. The smallest absolute Gasteiger partial charge is 0.339 e. The number of carboxylic acid groups (broad SMARTS) is 1. The normalized spacial score (nSPS) is 10.2. The van der Waals surface area contributed by atoms with Crippen molar-refractivity contribution >= 4 is 11.9 Å². The number of primary amides is 1. The van der Waals surface area contributed by atoms with Crippen molar-refractivity contribution in [3.8, 4) is 5.75 Å². The standard InChI is InChI=1S/C13H13N3O4/c14-12(17)10-5-6-16(15-10)7-8-20-11-4-2-1-3-9(11)13(18)19/h1-6H,7-8H2,(H2,14,17)(H,18,19). The second-order valence-electron chi connectivity index (χ2n) is 3.98. The summed E-state index contributed by atoms with van der Waals surface area (Å²) in [5.74, 6) is -1.35. The molecule has 0 radical (unpaired) electrons. The number of ether oxygens (including phenoxy) is 1. The van der Waals surface area contributed by atoms with E-state index in [1.807, 2.05) is 0 Å². The summed E-state index contributed by atoms with van der Waals surface area (Å²) in [5, 5.41) is 12.9. The highest BCUT2D eigenvalue weighted by Crippen LogP contribution is 2.17. The summed E-state index contributed by atoms with van der Waals surface area (Å²) >= 11 is 0. The Morgan fingerprint density at radius 1 is 1.30 bits per heavy atom. The van der Waals surface area contributed by atoms with Gasteiger partial charge in [0.15, 0.2) is 0 Å². The number of carbonyl (C=O) groups is 2. The number of carbonyl (C=O) groups excluding carboxylic acids is 1. The van der Waals surface area contributed by atoms with E-state index < -0.39 is 11.9 Å². The largest absolute Gasteiger partial charge is 0.491 e. The molecule has 1 amide bonds. The zero-order valence-electron chi connectivity index (χ0n) is 10.5. The average molecular weight is 275 g/mol. The maximum atomic E-state index is 11.0. The van der Waals surface area contributed by atoms with Gasteiger partial charge >= 0.3 is 5.97 Å². The van der Waals surface area contributed by atoms with E-state index in [0.717, 1.165) is 0 Å². The third kappa shape index (κ3) is 3.14. The first-order valence-electron chi connectivity index (χ1n) is 5.86. The lowest BCUT2D eigenvalue weighted by molar-refractivity contribution is 0.0691. The number of carboxylic acids is 1. The minimum atomic E-state index is -1.05. The topological polar surface area (TPSA) is 107 Å². The third-order valence-electron chi connectivity index (χ3n) is 2.59. The van der Waals surface area contributed by atoms with Crippen LogP contribution in [0.5, 0.6) is 5.75 Å². The Morgan fingerprint density at radius 2 is 2.05 bits per heavy atom. The lowest BCUT2D eigenvalue weighted by Gasteiger charge is -2.08. The molecule has 0 unspecified atom stereocenters. The molecule has 0 spiro atoms. The molecule has 7 heteroatoms. The minimum Gasteiger partial charge on any atom is -0.491 e. The SMILES string of the molecule is NC(=O)c1ccn(CCOc2ccccc2C(=O)O)n1. The summed E-state index contributed by atoms with van der Waals surface area (Å²) in [4.78, 5) is 21.9. The van der Waals surface area contributed by atoms with Crippen LogP contribution in [0.15, 0.2) is 36.5 Å². The number of hydrogen-bond acceptors (Lipinski definition) is 4. The maximum absolute atomic E-state index is 11.0. The van der Waals surface area contributed by atoms with E-state index in [2.05, 4.69) is 5.10 Å². The van der Waals surface area contributed by atoms with Crippen LogP contribution in [-0.4, -0.2) is 33.4 Å². The zero-order valence-corrected chi connectivity index (χ0v) is 10.5. The Labute approximate surface area is 114 Å². The molecule has 0 saturated heterocycles. The van der Waals surface area contributed by atoms with Crippen LogP contribution in [0.25, 0.3) is 0 Å². The molecule has 1 aromatic carbocycles. The van der Waals surface area contributed by atoms with Crippen molar-refractivity contribution in [1.29, 1.82) is 0 Å². The Morgan fingerprint density at radius 3 is 2.70 bits per heavy atom. The first-order valence-corrected chi connectivity index (χ1v) is 5.86. The van der Waals surface area contributed by atoms with Gasteiger partial charge in [0.1, 0.15) is 23.6 Å². The molecule has 1 aromatic heterocycles. The first kappa shape index (κ1) is 13.6. The van der Waals surface area contributed by atoms with Gasteiger partial charge in [-0.2, -0.15) is 5.10 Å². The first-order chi connectivity index (χ1) is 9.58. The highest BCUT2D eigenvalue weighted by Gasteiger charge is 2.10. The van der Waals surface area contributed by atoms with Crippen molar-refractivity contribution in [2.45, 2.75) is 6.54 Å². The van der Waals surface area contributed by atoms with E-state index in [0.29, 0.717) is 12.3 Å². The van der Waals surface area contributed by atoms with Gasteiger partial charge in [-0.3, -0.25) is 9.48 Å². The van der Waals surface area contributed by atoms with Gasteiger partial charge in [-0.05, 0) is 18.2 Å². The van der Waals surface area contributed by atoms with Crippen LogP contribution in [0.2, 0.25) is 0 Å². The van der Waals surface area contributed by atoms with Gasteiger partial charge in [0.25, 0.3) is 5.91 Å². The van der Waals surface area contributed by atoms with E-state index in [4.69, 9.17) is 15.6 Å². The Kier molecular flexibility index (Phi) is 3.99. The number of aromatic carboxylic acids is 1. The van der Waals surface area contributed by atoms with Gasteiger partial charge < -0.3 is 15.6 Å². The van der Waals surface area contributed by atoms with E-state index in [9.17, 15) is 9.59 Å². The summed E-state index contributed by atoms with van der Waals surface area (Å²) in [6, 6.07) is 7.88. The Balaban J connectivity index is 1.96. The highest BCUT2D eigenvalue weighted by molar-refractivity contribution is 5.91. The fourth-order valence-corrected chi connectivity index (χ4v) is 1.64. The van der Waals surface area contributed by atoms with Crippen LogP contribution < -0.4 is 10.5 Å². The summed E-state index contributed by atoms with van der Waals surface area (Å²) in [6.07, 6.45) is 1.60. The number of aromatic nitrogens is 2. The van der Waals surface area contributed by atoms with E-state index in [-0.39, 0.29) is 17.9 Å². The lowest BCUT2D eigenvalue weighted by atomic mass is 10.2. The summed E-state index contributed by atoms with van der Waals surface area (Å²) in [7, 11) is 0. The molecular formula is C13H13N3O4. The number of hydrogen-bond donors (Lipinski definition) is 2. The number of benzene rings is 1. The van der Waals surface area contributed by atoms with Crippen LogP contribution in [0.3, 0.4) is 0 Å². The van der Waals surface area contributed by atoms with Crippen molar-refractivity contribution in [1.82, 2.24) is 9.78 Å². The maximum Gasteiger partial charge on any atom is 0.339 e. The number of nitrogens with zero attached hydrogens (tertiary/aromatic N) is 2. The molecule has 3 N–H and O–H groups in total. The molecule has 2 aromatic rings. The fourth-order valence-electron chi connectivity index (χ4n) is 1.64. The Bertz CT molecular complexity index is 636. The molecule has 0 saturated carbocycles. The lowest BCUT2D eigenvalue weighted by Crippen LogP contribution is -2.14. The van der Waals surface area contributed by atoms with Crippen LogP contribution >= 0.6 is 0 Å². The van der Waals surface area contributed by atoms with Crippen LogP contribution in [0.4, 0.5) is 0 Å². The highest BCUT2D eigenvalue weighted by atomic mass is 16.5. The van der Waals surface area contributed by atoms with E-state index in [1.165, 1.54) is 16.8 Å². The van der Waals surface area contributed by atoms with Crippen LogP contribution in [0, 0.1) is 0 Å². The predicted molar refractivity (Wildman–Crippen MR) is 69.6 cm³/mol. The molecule has 0 bridgehead atoms. The molecule has 7 nitrogen and oxygen atoms in total.